The molecule has 0 saturated carbocycles. The van der Waals surface area contributed by atoms with E-state index in [4.69, 9.17) is 4.74 Å². The van der Waals surface area contributed by atoms with Crippen LogP contribution in [0.1, 0.15) is 18.8 Å². The summed E-state index contributed by atoms with van der Waals surface area (Å²) in [6.07, 6.45) is 0. The first-order valence-corrected chi connectivity index (χ1v) is 6.73. The number of nitrogens with zero attached hydrogens (tertiary/aromatic N) is 4. The summed E-state index contributed by atoms with van der Waals surface area (Å²) in [7, 11) is 1.47. The van der Waals surface area contributed by atoms with E-state index in [0.29, 0.717) is 5.82 Å². The van der Waals surface area contributed by atoms with Crippen LogP contribution in [0.5, 0.6) is 0 Å². The van der Waals surface area contributed by atoms with Gasteiger partial charge in [-0.05, 0) is 41.6 Å². The van der Waals surface area contributed by atoms with E-state index in [2.05, 4.69) is 36.8 Å². The molecule has 2 rings (SSSR count). The lowest BCUT2D eigenvalue weighted by atomic mass is 10.3. The van der Waals surface area contributed by atoms with Crippen LogP contribution in [-0.2, 0) is 9.53 Å². The van der Waals surface area contributed by atoms with Gasteiger partial charge < -0.3 is 10.1 Å². The van der Waals surface area contributed by atoms with Crippen molar-refractivity contribution in [3.8, 4) is 5.69 Å². The van der Waals surface area contributed by atoms with Crippen LogP contribution in [0.15, 0.2) is 28.7 Å². The summed E-state index contributed by atoms with van der Waals surface area (Å²) in [5.41, 5.74) is 0.820. The van der Waals surface area contributed by atoms with Crippen LogP contribution in [0.3, 0.4) is 0 Å². The zero-order valence-corrected chi connectivity index (χ0v) is 12.7. The molecular formula is C12H14BrN5O2. The third-order valence-corrected chi connectivity index (χ3v) is 3.13. The molecule has 0 aliphatic carbocycles. The summed E-state index contributed by atoms with van der Waals surface area (Å²) in [5, 5.41) is 14.3. The van der Waals surface area contributed by atoms with Crippen molar-refractivity contribution in [1.82, 2.24) is 25.5 Å². The lowest BCUT2D eigenvalue weighted by molar-refractivity contribution is -0.125. The average Bonchev–Trinajstić information content (AvgIpc) is 2.89. The van der Waals surface area contributed by atoms with Crippen molar-refractivity contribution in [3.63, 3.8) is 0 Å². The summed E-state index contributed by atoms with van der Waals surface area (Å²) in [5.74, 6) is 0.335. The van der Waals surface area contributed by atoms with Crippen LogP contribution in [0.4, 0.5) is 0 Å². The first-order valence-electron chi connectivity index (χ1n) is 5.94. The number of nitrogens with one attached hydrogen (secondary N) is 1. The van der Waals surface area contributed by atoms with Gasteiger partial charge in [-0.25, -0.2) is 0 Å². The van der Waals surface area contributed by atoms with E-state index < -0.39 is 0 Å². The zero-order chi connectivity index (χ0) is 14.5. The maximum absolute atomic E-state index is 11.5. The molecule has 7 nitrogen and oxygen atoms in total. The van der Waals surface area contributed by atoms with Crippen molar-refractivity contribution in [2.75, 3.05) is 13.7 Å². The number of carbonyl (C=O) groups is 1. The fraction of sp³-hybridized carbons (Fsp3) is 0.333. The van der Waals surface area contributed by atoms with E-state index >= 15 is 0 Å². The van der Waals surface area contributed by atoms with Crippen molar-refractivity contribution in [2.24, 2.45) is 0 Å². The van der Waals surface area contributed by atoms with E-state index in [9.17, 15) is 4.79 Å². The number of halogens is 1. The first-order chi connectivity index (χ1) is 9.61. The highest BCUT2D eigenvalue weighted by atomic mass is 79.9. The number of methoxy groups -OCH3 is 1. The molecule has 1 amide bonds. The maximum Gasteiger partial charge on any atom is 0.246 e. The molecule has 0 spiro atoms. The third kappa shape index (κ3) is 3.40. The minimum absolute atomic E-state index is 0.00416. The van der Waals surface area contributed by atoms with Crippen molar-refractivity contribution in [2.45, 2.75) is 13.0 Å². The van der Waals surface area contributed by atoms with Gasteiger partial charge >= 0.3 is 0 Å². The number of benzene rings is 1. The van der Waals surface area contributed by atoms with Gasteiger partial charge in [-0.3, -0.25) is 4.79 Å². The minimum Gasteiger partial charge on any atom is -0.375 e. The molecule has 1 atom stereocenters. The van der Waals surface area contributed by atoms with Crippen LogP contribution in [0.2, 0.25) is 0 Å². The number of tetrazole rings is 1. The van der Waals surface area contributed by atoms with Gasteiger partial charge in [-0.15, -0.1) is 5.10 Å². The van der Waals surface area contributed by atoms with Crippen LogP contribution in [0.25, 0.3) is 5.69 Å². The Kier molecular flexibility index (Phi) is 4.80. The lowest BCUT2D eigenvalue weighted by Crippen LogP contribution is -2.31. The van der Waals surface area contributed by atoms with Crippen LogP contribution in [-0.4, -0.2) is 39.8 Å². The highest BCUT2D eigenvalue weighted by Crippen LogP contribution is 2.16. The van der Waals surface area contributed by atoms with Gasteiger partial charge in [0.05, 0.1) is 11.7 Å². The number of aromatic nitrogens is 4. The highest BCUT2D eigenvalue weighted by molar-refractivity contribution is 9.10. The minimum atomic E-state index is -0.323. The average molecular weight is 340 g/mol. The highest BCUT2D eigenvalue weighted by Gasteiger charge is 2.17. The Balaban J connectivity index is 2.19. The molecular weight excluding hydrogens is 326 g/mol. The number of hydrogen-bond donors (Lipinski definition) is 1. The van der Waals surface area contributed by atoms with Crippen molar-refractivity contribution >= 4 is 21.8 Å². The Morgan fingerprint density at radius 1 is 1.45 bits per heavy atom. The predicted octanol–water partition coefficient (Wildman–Crippen LogP) is 1.25. The number of rotatable bonds is 5. The number of hydrogen-bond acceptors (Lipinski definition) is 5. The summed E-state index contributed by atoms with van der Waals surface area (Å²) in [6.45, 7) is 1.82. The molecule has 0 radical (unpaired) electrons. The Morgan fingerprint density at radius 3 is 2.80 bits per heavy atom. The molecule has 20 heavy (non-hydrogen) atoms. The van der Waals surface area contributed by atoms with Gasteiger partial charge in [0, 0.05) is 11.6 Å². The van der Waals surface area contributed by atoms with E-state index in [1.165, 1.54) is 7.11 Å². The number of amides is 1. The van der Waals surface area contributed by atoms with Gasteiger partial charge in [0.15, 0.2) is 5.82 Å². The summed E-state index contributed by atoms with van der Waals surface area (Å²) in [4.78, 5) is 11.5. The molecule has 0 aliphatic rings. The molecule has 1 N–H and O–H groups in total. The smallest absolute Gasteiger partial charge is 0.246 e. The Morgan fingerprint density at radius 2 is 2.15 bits per heavy atom. The second kappa shape index (κ2) is 6.58. The van der Waals surface area contributed by atoms with E-state index in [1.807, 2.05) is 31.2 Å². The summed E-state index contributed by atoms with van der Waals surface area (Å²) >= 11 is 3.37. The third-order valence-electron chi connectivity index (χ3n) is 2.61. The van der Waals surface area contributed by atoms with Crippen molar-refractivity contribution in [3.05, 3.63) is 34.6 Å². The normalized spacial score (nSPS) is 12.2. The van der Waals surface area contributed by atoms with Gasteiger partial charge in [-0.1, -0.05) is 15.9 Å². The molecule has 8 heteroatoms. The first kappa shape index (κ1) is 14.6. The molecule has 0 aliphatic heterocycles. The Hall–Kier alpha value is -1.80. The monoisotopic (exact) mass is 339 g/mol. The fourth-order valence-electron chi connectivity index (χ4n) is 1.71. The van der Waals surface area contributed by atoms with E-state index in [0.717, 1.165) is 10.2 Å². The topological polar surface area (TPSA) is 81.9 Å². The molecule has 1 unspecified atom stereocenters. The van der Waals surface area contributed by atoms with Crippen LogP contribution < -0.4 is 5.32 Å². The van der Waals surface area contributed by atoms with E-state index in [1.54, 1.807) is 4.68 Å². The van der Waals surface area contributed by atoms with Gasteiger partial charge in [0.2, 0.25) is 5.91 Å². The fourth-order valence-corrected chi connectivity index (χ4v) is 1.97. The number of carbonyl (C=O) groups excluding carboxylic acids is 1. The quantitative estimate of drug-likeness (QED) is 0.886. The van der Waals surface area contributed by atoms with E-state index in [-0.39, 0.29) is 18.6 Å². The molecule has 0 saturated heterocycles. The Labute approximate surface area is 124 Å². The predicted molar refractivity (Wildman–Crippen MR) is 75.3 cm³/mol. The molecule has 1 aromatic carbocycles. The van der Waals surface area contributed by atoms with Crippen molar-refractivity contribution < 1.29 is 9.53 Å². The second-order valence-electron chi connectivity index (χ2n) is 4.15. The SMILES string of the molecule is COCC(=O)NC(C)c1nnnn1-c1ccc(Br)cc1. The summed E-state index contributed by atoms with van der Waals surface area (Å²) < 4.78 is 7.33. The molecule has 1 heterocycles. The lowest BCUT2D eigenvalue weighted by Gasteiger charge is -2.13. The Bertz CT molecular complexity index is 584. The van der Waals surface area contributed by atoms with Gasteiger partial charge in [-0.2, -0.15) is 4.68 Å². The summed E-state index contributed by atoms with van der Waals surface area (Å²) in [6, 6.07) is 7.24. The molecule has 106 valence electrons. The molecule has 1 aromatic heterocycles. The zero-order valence-electron chi connectivity index (χ0n) is 11.1. The number of ether oxygens (including phenoxy) is 1. The standard InChI is InChI=1S/C12H14BrN5O2/c1-8(14-11(19)7-20-2)12-15-16-17-18(12)10-5-3-9(13)4-6-10/h3-6,8H,7H2,1-2H3,(H,14,19). The van der Waals surface area contributed by atoms with Crippen molar-refractivity contribution in [1.29, 1.82) is 0 Å². The molecule has 2 aromatic rings. The van der Waals surface area contributed by atoms with Gasteiger partial charge in [0.1, 0.15) is 6.61 Å². The maximum atomic E-state index is 11.5. The van der Waals surface area contributed by atoms with Crippen LogP contribution >= 0.6 is 15.9 Å². The largest absolute Gasteiger partial charge is 0.375 e. The molecule has 0 bridgehead atoms. The van der Waals surface area contributed by atoms with Crippen LogP contribution in [0, 0.1) is 0 Å². The van der Waals surface area contributed by atoms with Gasteiger partial charge in [0.25, 0.3) is 0 Å². The molecule has 0 fully saturated rings. The second-order valence-corrected chi connectivity index (χ2v) is 5.06.